The quantitative estimate of drug-likeness (QED) is 0.847. The molecule has 0 saturated heterocycles. The highest BCUT2D eigenvalue weighted by molar-refractivity contribution is 7.17. The van der Waals surface area contributed by atoms with Gasteiger partial charge in [-0.1, -0.05) is 0 Å². The molecule has 0 saturated carbocycles. The van der Waals surface area contributed by atoms with E-state index >= 15 is 0 Å². The SMILES string of the molecule is Cc1nc(-c2c(C)c(C)nn(C)c2=O)sc1C(=O)NCCC(C)N. The third kappa shape index (κ3) is 3.70. The second-order valence-corrected chi connectivity index (χ2v) is 6.97. The van der Waals surface area contributed by atoms with Gasteiger partial charge in [-0.2, -0.15) is 5.10 Å². The molecule has 1 unspecified atom stereocenters. The van der Waals surface area contributed by atoms with Crippen molar-refractivity contribution in [3.63, 3.8) is 0 Å². The molecule has 0 spiro atoms. The average Bonchev–Trinajstić information content (AvgIpc) is 2.87. The van der Waals surface area contributed by atoms with Gasteiger partial charge in [-0.15, -0.1) is 11.3 Å². The summed E-state index contributed by atoms with van der Waals surface area (Å²) in [4.78, 5) is 29.7. The first-order valence-corrected chi connectivity index (χ1v) is 8.60. The van der Waals surface area contributed by atoms with Gasteiger partial charge < -0.3 is 11.1 Å². The number of hydrogen-bond acceptors (Lipinski definition) is 6. The van der Waals surface area contributed by atoms with E-state index in [1.807, 2.05) is 20.8 Å². The number of thiazole rings is 1. The molecule has 2 aromatic rings. The van der Waals surface area contributed by atoms with Crippen molar-refractivity contribution in [2.24, 2.45) is 12.8 Å². The molecule has 8 heteroatoms. The Labute approximate surface area is 144 Å². The molecule has 3 N–H and O–H groups in total. The summed E-state index contributed by atoms with van der Waals surface area (Å²) in [6.45, 7) is 7.87. The van der Waals surface area contributed by atoms with Gasteiger partial charge in [0.05, 0.1) is 17.0 Å². The van der Waals surface area contributed by atoms with Gasteiger partial charge in [0.15, 0.2) is 0 Å². The molecular formula is C16H23N5O2S. The first-order valence-electron chi connectivity index (χ1n) is 7.78. The fraction of sp³-hybridized carbons (Fsp3) is 0.500. The third-order valence-corrected chi connectivity index (χ3v) is 5.00. The Kier molecular flexibility index (Phi) is 5.51. The van der Waals surface area contributed by atoms with Crippen LogP contribution in [0.15, 0.2) is 4.79 Å². The minimum Gasteiger partial charge on any atom is -0.351 e. The van der Waals surface area contributed by atoms with Gasteiger partial charge in [0.1, 0.15) is 9.88 Å². The Morgan fingerprint density at radius 3 is 2.62 bits per heavy atom. The Morgan fingerprint density at radius 2 is 2.00 bits per heavy atom. The van der Waals surface area contributed by atoms with Gasteiger partial charge >= 0.3 is 0 Å². The van der Waals surface area contributed by atoms with E-state index in [-0.39, 0.29) is 17.5 Å². The first-order chi connectivity index (χ1) is 11.2. The summed E-state index contributed by atoms with van der Waals surface area (Å²) in [7, 11) is 1.61. The van der Waals surface area contributed by atoms with E-state index < -0.39 is 0 Å². The molecule has 1 amide bonds. The van der Waals surface area contributed by atoms with Gasteiger partial charge in [-0.05, 0) is 39.7 Å². The molecule has 0 aliphatic carbocycles. The molecule has 0 aliphatic rings. The summed E-state index contributed by atoms with van der Waals surface area (Å²) in [6.07, 6.45) is 0.708. The normalized spacial score (nSPS) is 12.2. The van der Waals surface area contributed by atoms with Crippen LogP contribution in [-0.2, 0) is 7.05 Å². The van der Waals surface area contributed by atoms with Gasteiger partial charge in [0.2, 0.25) is 0 Å². The van der Waals surface area contributed by atoms with E-state index in [1.165, 1.54) is 16.0 Å². The number of carbonyl (C=O) groups is 1. The molecule has 2 heterocycles. The predicted octanol–water partition coefficient (Wildman–Crippen LogP) is 1.30. The highest BCUT2D eigenvalue weighted by Gasteiger charge is 2.20. The van der Waals surface area contributed by atoms with Gasteiger partial charge in [-0.3, -0.25) is 9.59 Å². The highest BCUT2D eigenvalue weighted by atomic mass is 32.1. The second-order valence-electron chi connectivity index (χ2n) is 5.97. The molecule has 0 fully saturated rings. The number of rotatable bonds is 5. The maximum absolute atomic E-state index is 12.4. The molecule has 1 atom stereocenters. The van der Waals surface area contributed by atoms with Crippen molar-refractivity contribution in [2.75, 3.05) is 6.54 Å². The molecule has 2 aromatic heterocycles. The molecule has 24 heavy (non-hydrogen) atoms. The van der Waals surface area contributed by atoms with E-state index in [1.54, 1.807) is 14.0 Å². The average molecular weight is 349 g/mol. The summed E-state index contributed by atoms with van der Waals surface area (Å²) in [5.74, 6) is -0.183. The molecule has 130 valence electrons. The molecule has 2 rings (SSSR count). The first kappa shape index (κ1) is 18.3. The monoisotopic (exact) mass is 349 g/mol. The van der Waals surface area contributed by atoms with Crippen LogP contribution in [0.25, 0.3) is 10.6 Å². The predicted molar refractivity (Wildman–Crippen MR) is 95.4 cm³/mol. The molecule has 7 nitrogen and oxygen atoms in total. The maximum atomic E-state index is 12.4. The number of nitrogens with one attached hydrogen (secondary N) is 1. The summed E-state index contributed by atoms with van der Waals surface area (Å²) in [5.41, 5.74) is 8.15. The van der Waals surface area contributed by atoms with Crippen molar-refractivity contribution in [1.82, 2.24) is 20.1 Å². The summed E-state index contributed by atoms with van der Waals surface area (Å²) in [6, 6.07) is 0.0360. The Hall–Kier alpha value is -2.06. The Bertz CT molecular complexity index is 823. The minimum absolute atomic E-state index is 0.0360. The zero-order valence-corrected chi connectivity index (χ0v) is 15.5. The van der Waals surface area contributed by atoms with E-state index in [4.69, 9.17) is 5.73 Å². The van der Waals surface area contributed by atoms with Crippen LogP contribution >= 0.6 is 11.3 Å². The van der Waals surface area contributed by atoms with Crippen LogP contribution in [0.5, 0.6) is 0 Å². The molecule has 0 aromatic carbocycles. The lowest BCUT2D eigenvalue weighted by Gasteiger charge is -2.07. The van der Waals surface area contributed by atoms with E-state index in [2.05, 4.69) is 15.4 Å². The second kappa shape index (κ2) is 7.23. The van der Waals surface area contributed by atoms with Gasteiger partial charge in [0.25, 0.3) is 11.5 Å². The lowest BCUT2D eigenvalue weighted by Crippen LogP contribution is -2.28. The van der Waals surface area contributed by atoms with Crippen molar-refractivity contribution < 1.29 is 4.79 Å². The standard InChI is InChI=1S/C16H23N5O2S/c1-8(17)6-7-18-14(22)13-11(4)19-15(24-13)12-9(2)10(3)20-21(5)16(12)23/h8H,6-7,17H2,1-5H3,(H,18,22). The lowest BCUT2D eigenvalue weighted by atomic mass is 10.1. The van der Waals surface area contributed by atoms with Crippen LogP contribution in [0.4, 0.5) is 0 Å². The minimum atomic E-state index is -0.212. The van der Waals surface area contributed by atoms with Crippen LogP contribution in [0.3, 0.4) is 0 Å². The number of nitrogens with zero attached hydrogens (tertiary/aromatic N) is 3. The number of hydrogen-bond donors (Lipinski definition) is 2. The van der Waals surface area contributed by atoms with Crippen molar-refractivity contribution >= 4 is 17.2 Å². The van der Waals surface area contributed by atoms with Crippen molar-refractivity contribution in [2.45, 2.75) is 40.2 Å². The smallest absolute Gasteiger partial charge is 0.277 e. The maximum Gasteiger partial charge on any atom is 0.277 e. The largest absolute Gasteiger partial charge is 0.351 e. The lowest BCUT2D eigenvalue weighted by molar-refractivity contribution is 0.0956. The van der Waals surface area contributed by atoms with Crippen LogP contribution in [0.2, 0.25) is 0 Å². The Morgan fingerprint density at radius 1 is 1.33 bits per heavy atom. The van der Waals surface area contributed by atoms with Crippen molar-refractivity contribution in [3.8, 4) is 10.6 Å². The van der Waals surface area contributed by atoms with Crippen LogP contribution in [0, 0.1) is 20.8 Å². The van der Waals surface area contributed by atoms with Crippen LogP contribution in [-0.4, -0.2) is 33.3 Å². The van der Waals surface area contributed by atoms with Crippen molar-refractivity contribution in [1.29, 1.82) is 0 Å². The summed E-state index contributed by atoms with van der Waals surface area (Å²) < 4.78 is 1.30. The Balaban J connectivity index is 2.36. The number of nitrogens with two attached hydrogens (primary N) is 1. The molecular weight excluding hydrogens is 326 g/mol. The fourth-order valence-electron chi connectivity index (χ4n) is 2.31. The molecule has 0 aliphatic heterocycles. The number of carbonyl (C=O) groups excluding carboxylic acids is 1. The highest BCUT2D eigenvalue weighted by Crippen LogP contribution is 2.28. The van der Waals surface area contributed by atoms with E-state index in [9.17, 15) is 9.59 Å². The number of aromatic nitrogens is 3. The summed E-state index contributed by atoms with van der Waals surface area (Å²) >= 11 is 1.23. The third-order valence-electron chi connectivity index (χ3n) is 3.83. The zero-order valence-electron chi connectivity index (χ0n) is 14.6. The zero-order chi connectivity index (χ0) is 18.0. The van der Waals surface area contributed by atoms with Gasteiger partial charge in [0, 0.05) is 19.6 Å². The molecule has 0 radical (unpaired) electrons. The number of amides is 1. The van der Waals surface area contributed by atoms with Crippen LogP contribution < -0.4 is 16.6 Å². The molecule has 0 bridgehead atoms. The van der Waals surface area contributed by atoms with Gasteiger partial charge in [-0.25, -0.2) is 9.67 Å². The van der Waals surface area contributed by atoms with E-state index in [0.717, 1.165) is 11.3 Å². The van der Waals surface area contributed by atoms with Crippen LogP contribution in [0.1, 0.15) is 40.0 Å². The topological polar surface area (TPSA) is 103 Å². The number of aryl methyl sites for hydroxylation is 3. The van der Waals surface area contributed by atoms with Crippen molar-refractivity contribution in [3.05, 3.63) is 32.2 Å². The van der Waals surface area contributed by atoms with E-state index in [0.29, 0.717) is 34.1 Å². The fourth-order valence-corrected chi connectivity index (χ4v) is 3.38. The summed E-state index contributed by atoms with van der Waals surface area (Å²) in [5, 5.41) is 7.56.